The highest BCUT2D eigenvalue weighted by molar-refractivity contribution is 5.09. The fraction of sp³-hybridized carbons (Fsp3) is 1.00. The molecular formula is C17H32N2. The summed E-state index contributed by atoms with van der Waals surface area (Å²) in [4.78, 5) is 2.74. The zero-order chi connectivity index (χ0) is 13.7. The molecule has 0 saturated heterocycles. The molecule has 0 aliphatic heterocycles. The van der Waals surface area contributed by atoms with Gasteiger partial charge in [0.05, 0.1) is 0 Å². The van der Waals surface area contributed by atoms with Gasteiger partial charge < -0.3 is 5.73 Å². The van der Waals surface area contributed by atoms with Gasteiger partial charge >= 0.3 is 0 Å². The first-order valence-electron chi connectivity index (χ1n) is 8.40. The van der Waals surface area contributed by atoms with E-state index in [2.05, 4.69) is 25.8 Å². The molecule has 0 aromatic heterocycles. The molecule has 2 N–H and O–H groups in total. The number of likely N-dealkylation sites (N-methyl/N-ethyl adjacent to an activating group) is 1. The summed E-state index contributed by atoms with van der Waals surface area (Å²) in [7, 11) is 2.39. The molecular weight excluding hydrogens is 232 g/mol. The van der Waals surface area contributed by atoms with Crippen molar-refractivity contribution in [1.82, 2.24) is 4.90 Å². The molecule has 3 atom stereocenters. The predicted molar refractivity (Wildman–Crippen MR) is 81.0 cm³/mol. The molecule has 0 aromatic rings. The van der Waals surface area contributed by atoms with Crippen LogP contribution in [-0.2, 0) is 0 Å². The Morgan fingerprint density at radius 3 is 2.26 bits per heavy atom. The van der Waals surface area contributed by atoms with Crippen molar-refractivity contribution in [3.63, 3.8) is 0 Å². The van der Waals surface area contributed by atoms with Crippen LogP contribution in [0.5, 0.6) is 0 Å². The van der Waals surface area contributed by atoms with Crippen LogP contribution in [0.1, 0.15) is 65.2 Å². The van der Waals surface area contributed by atoms with Gasteiger partial charge in [-0.15, -0.1) is 0 Å². The Kier molecular flexibility index (Phi) is 3.46. The molecule has 3 saturated carbocycles. The Balaban J connectivity index is 1.71. The van der Waals surface area contributed by atoms with Crippen molar-refractivity contribution >= 4 is 0 Å². The van der Waals surface area contributed by atoms with Gasteiger partial charge in [0, 0.05) is 18.1 Å². The molecule has 0 amide bonds. The first kappa shape index (κ1) is 13.9. The van der Waals surface area contributed by atoms with Crippen molar-refractivity contribution in [2.75, 3.05) is 13.6 Å². The molecule has 3 rings (SSSR count). The average molecular weight is 264 g/mol. The second-order valence-electron chi connectivity index (χ2n) is 8.39. The minimum Gasteiger partial charge on any atom is -0.329 e. The summed E-state index contributed by atoms with van der Waals surface area (Å²) in [6.45, 7) is 5.74. The van der Waals surface area contributed by atoms with Crippen LogP contribution in [0.3, 0.4) is 0 Å². The summed E-state index contributed by atoms with van der Waals surface area (Å²) in [6.07, 6.45) is 11.3. The maximum Gasteiger partial charge on any atom is 0.0362 e. The highest BCUT2D eigenvalue weighted by Gasteiger charge is 2.53. The van der Waals surface area contributed by atoms with Gasteiger partial charge in [-0.1, -0.05) is 20.3 Å². The second-order valence-corrected chi connectivity index (χ2v) is 8.39. The maximum absolute atomic E-state index is 6.27. The third-order valence-corrected chi connectivity index (χ3v) is 6.86. The lowest BCUT2D eigenvalue weighted by molar-refractivity contribution is 0.00180. The van der Waals surface area contributed by atoms with Crippen LogP contribution in [0.15, 0.2) is 0 Å². The molecule has 2 nitrogen and oxygen atoms in total. The van der Waals surface area contributed by atoms with Crippen LogP contribution in [0.2, 0.25) is 0 Å². The number of fused-ring (bicyclic) bond motifs is 2. The van der Waals surface area contributed by atoms with Gasteiger partial charge in [-0.05, 0) is 69.2 Å². The first-order valence-corrected chi connectivity index (χ1v) is 8.40. The molecule has 0 aromatic carbocycles. The second kappa shape index (κ2) is 4.73. The highest BCUT2D eigenvalue weighted by Crippen LogP contribution is 2.54. The van der Waals surface area contributed by atoms with Crippen LogP contribution in [-0.4, -0.2) is 30.1 Å². The monoisotopic (exact) mass is 264 g/mol. The standard InChI is InChI=1S/C17H32N2/c1-16(2)8-6-15(7-9-16)19(3)17(12-18)11-13-4-5-14(17)10-13/h13-15H,4-12,18H2,1-3H3. The highest BCUT2D eigenvalue weighted by atomic mass is 15.2. The zero-order valence-electron chi connectivity index (χ0n) is 13.1. The molecule has 2 heteroatoms. The zero-order valence-corrected chi connectivity index (χ0v) is 13.1. The van der Waals surface area contributed by atoms with E-state index in [1.165, 1.54) is 51.4 Å². The van der Waals surface area contributed by atoms with Crippen LogP contribution < -0.4 is 5.73 Å². The van der Waals surface area contributed by atoms with E-state index in [1.54, 1.807) is 0 Å². The number of nitrogens with zero attached hydrogens (tertiary/aromatic N) is 1. The third-order valence-electron chi connectivity index (χ3n) is 6.86. The smallest absolute Gasteiger partial charge is 0.0362 e. The van der Waals surface area contributed by atoms with E-state index >= 15 is 0 Å². The first-order chi connectivity index (χ1) is 8.97. The Bertz CT molecular complexity index is 328. The molecule has 0 spiro atoms. The SMILES string of the molecule is CN(C1CCC(C)(C)CC1)C1(CN)CC2CCC1C2. The summed E-state index contributed by atoms with van der Waals surface area (Å²) in [5.41, 5.74) is 7.20. The summed E-state index contributed by atoms with van der Waals surface area (Å²) < 4.78 is 0. The van der Waals surface area contributed by atoms with Gasteiger partial charge in [-0.2, -0.15) is 0 Å². The molecule has 0 heterocycles. The summed E-state index contributed by atoms with van der Waals surface area (Å²) >= 11 is 0. The molecule has 0 radical (unpaired) electrons. The van der Waals surface area contributed by atoms with E-state index in [4.69, 9.17) is 5.73 Å². The van der Waals surface area contributed by atoms with E-state index in [0.29, 0.717) is 11.0 Å². The molecule has 3 aliphatic carbocycles. The van der Waals surface area contributed by atoms with Crippen LogP contribution >= 0.6 is 0 Å². The lowest BCUT2D eigenvalue weighted by Crippen LogP contribution is -2.59. The van der Waals surface area contributed by atoms with Crippen molar-refractivity contribution in [3.05, 3.63) is 0 Å². The van der Waals surface area contributed by atoms with Crippen LogP contribution in [0, 0.1) is 17.3 Å². The van der Waals surface area contributed by atoms with Gasteiger partial charge in [0.15, 0.2) is 0 Å². The van der Waals surface area contributed by atoms with E-state index in [1.807, 2.05) is 0 Å². The molecule has 3 fully saturated rings. The van der Waals surface area contributed by atoms with Crippen molar-refractivity contribution in [3.8, 4) is 0 Å². The lowest BCUT2D eigenvalue weighted by atomic mass is 9.72. The summed E-state index contributed by atoms with van der Waals surface area (Å²) in [5, 5.41) is 0. The predicted octanol–water partition coefficient (Wildman–Crippen LogP) is 3.40. The molecule has 3 aliphatic rings. The molecule has 110 valence electrons. The van der Waals surface area contributed by atoms with Crippen molar-refractivity contribution in [1.29, 1.82) is 0 Å². The normalized spacial score (nSPS) is 42.2. The number of hydrogen-bond acceptors (Lipinski definition) is 2. The van der Waals surface area contributed by atoms with Crippen molar-refractivity contribution in [2.45, 2.75) is 76.8 Å². The minimum absolute atomic E-state index is 0.356. The van der Waals surface area contributed by atoms with E-state index < -0.39 is 0 Å². The lowest BCUT2D eigenvalue weighted by Gasteiger charge is -2.50. The number of hydrogen-bond donors (Lipinski definition) is 1. The van der Waals surface area contributed by atoms with Crippen molar-refractivity contribution < 1.29 is 0 Å². The van der Waals surface area contributed by atoms with Gasteiger partial charge in [0.25, 0.3) is 0 Å². The fourth-order valence-corrected chi connectivity index (χ4v) is 5.38. The largest absolute Gasteiger partial charge is 0.329 e. The quantitative estimate of drug-likeness (QED) is 0.846. The van der Waals surface area contributed by atoms with Crippen molar-refractivity contribution in [2.24, 2.45) is 23.0 Å². The Labute approximate surface area is 119 Å². The van der Waals surface area contributed by atoms with Crippen LogP contribution in [0.4, 0.5) is 0 Å². The topological polar surface area (TPSA) is 29.3 Å². The Hall–Kier alpha value is -0.0800. The number of rotatable bonds is 3. The summed E-state index contributed by atoms with van der Waals surface area (Å²) in [6, 6.07) is 0.788. The fourth-order valence-electron chi connectivity index (χ4n) is 5.38. The van der Waals surface area contributed by atoms with E-state index in [-0.39, 0.29) is 0 Å². The minimum atomic E-state index is 0.356. The van der Waals surface area contributed by atoms with Gasteiger partial charge in [-0.3, -0.25) is 4.90 Å². The molecule has 2 bridgehead atoms. The van der Waals surface area contributed by atoms with E-state index in [0.717, 1.165) is 24.4 Å². The Morgan fingerprint density at radius 2 is 1.79 bits per heavy atom. The summed E-state index contributed by atoms with van der Waals surface area (Å²) in [5.74, 6) is 1.87. The van der Waals surface area contributed by atoms with E-state index in [9.17, 15) is 0 Å². The third kappa shape index (κ3) is 2.25. The Morgan fingerprint density at radius 1 is 1.11 bits per heavy atom. The van der Waals surface area contributed by atoms with Gasteiger partial charge in [0.2, 0.25) is 0 Å². The van der Waals surface area contributed by atoms with Gasteiger partial charge in [0.1, 0.15) is 0 Å². The molecule has 19 heavy (non-hydrogen) atoms. The number of nitrogens with two attached hydrogens (primary N) is 1. The molecule has 3 unspecified atom stereocenters. The van der Waals surface area contributed by atoms with Crippen LogP contribution in [0.25, 0.3) is 0 Å². The average Bonchev–Trinajstić information content (AvgIpc) is 2.98. The maximum atomic E-state index is 6.27. The van der Waals surface area contributed by atoms with Gasteiger partial charge in [-0.25, -0.2) is 0 Å².